The third-order valence-electron chi connectivity index (χ3n) is 3.50. The van der Waals surface area contributed by atoms with Gasteiger partial charge in [0.05, 0.1) is 0 Å². The number of rotatable bonds is 5. The van der Waals surface area contributed by atoms with Crippen LogP contribution in [-0.2, 0) is 13.0 Å². The Bertz CT molecular complexity index is 613. The van der Waals surface area contributed by atoms with Crippen LogP contribution in [0, 0.1) is 0 Å². The van der Waals surface area contributed by atoms with Crippen molar-refractivity contribution in [3.8, 4) is 11.5 Å². The van der Waals surface area contributed by atoms with E-state index in [9.17, 15) is 0 Å². The highest BCUT2D eigenvalue weighted by Gasteiger charge is 2.23. The molecule has 21 heavy (non-hydrogen) atoms. The molecule has 0 aliphatic carbocycles. The molecular weight excluding hydrogens is 330 g/mol. The van der Waals surface area contributed by atoms with Gasteiger partial charge in [-0.25, -0.2) is 0 Å². The summed E-state index contributed by atoms with van der Waals surface area (Å²) in [5.41, 5.74) is 2.49. The molecule has 1 N–H and O–H groups in total. The molecule has 3 rings (SSSR count). The minimum absolute atomic E-state index is 0.0892. The molecule has 110 valence electrons. The fourth-order valence-corrected chi connectivity index (χ4v) is 2.89. The van der Waals surface area contributed by atoms with Crippen molar-refractivity contribution in [2.75, 3.05) is 13.7 Å². The molecule has 0 fully saturated rings. The average Bonchev–Trinajstić information content (AvgIpc) is 2.89. The minimum Gasteiger partial charge on any atom is -0.490 e. The van der Waals surface area contributed by atoms with Crippen LogP contribution in [0.25, 0.3) is 0 Å². The number of fused-ring (bicyclic) bond motifs is 1. The molecule has 0 bridgehead atoms. The van der Waals surface area contributed by atoms with Gasteiger partial charge < -0.3 is 14.8 Å². The van der Waals surface area contributed by atoms with Gasteiger partial charge in [-0.3, -0.25) is 0 Å². The van der Waals surface area contributed by atoms with Crippen molar-refractivity contribution in [3.63, 3.8) is 0 Å². The molecule has 1 aliphatic heterocycles. The van der Waals surface area contributed by atoms with Crippen molar-refractivity contribution in [3.05, 3.63) is 58.1 Å². The number of hydrogen-bond donors (Lipinski definition) is 1. The quantitative estimate of drug-likeness (QED) is 0.897. The summed E-state index contributed by atoms with van der Waals surface area (Å²) in [6.07, 6.45) is 0.985. The van der Waals surface area contributed by atoms with Gasteiger partial charge >= 0.3 is 0 Å². The molecule has 3 nitrogen and oxygen atoms in total. The number of benzene rings is 2. The summed E-state index contributed by atoms with van der Waals surface area (Å²) in [5, 5.41) is 3.13. The molecule has 4 heteroatoms. The number of hydrogen-bond acceptors (Lipinski definition) is 3. The molecule has 1 atom stereocenters. The van der Waals surface area contributed by atoms with Crippen LogP contribution in [0.4, 0.5) is 0 Å². The second kappa shape index (κ2) is 6.50. The minimum atomic E-state index is 0.0892. The zero-order valence-corrected chi connectivity index (χ0v) is 13.5. The lowest BCUT2D eigenvalue weighted by atomic mass is 10.1. The van der Waals surface area contributed by atoms with Crippen molar-refractivity contribution in [2.45, 2.75) is 19.1 Å². The molecule has 1 aliphatic rings. The van der Waals surface area contributed by atoms with Gasteiger partial charge in [0.1, 0.15) is 24.2 Å². The van der Waals surface area contributed by atoms with Crippen molar-refractivity contribution in [2.24, 2.45) is 0 Å². The van der Waals surface area contributed by atoms with Crippen molar-refractivity contribution in [1.29, 1.82) is 0 Å². The summed E-state index contributed by atoms with van der Waals surface area (Å²) in [6.45, 7) is 1.44. The van der Waals surface area contributed by atoms with Crippen molar-refractivity contribution < 1.29 is 9.47 Å². The Morgan fingerprint density at radius 1 is 1.24 bits per heavy atom. The largest absolute Gasteiger partial charge is 0.490 e. The maximum absolute atomic E-state index is 5.89. The van der Waals surface area contributed by atoms with E-state index < -0.39 is 0 Å². The van der Waals surface area contributed by atoms with E-state index in [0.717, 1.165) is 28.9 Å². The van der Waals surface area contributed by atoms with Crippen LogP contribution in [0.5, 0.6) is 11.5 Å². The van der Waals surface area contributed by atoms with Gasteiger partial charge in [-0.05, 0) is 48.5 Å². The van der Waals surface area contributed by atoms with Crippen LogP contribution in [-0.4, -0.2) is 19.8 Å². The molecule has 0 radical (unpaired) electrons. The normalized spacial score (nSPS) is 16.4. The van der Waals surface area contributed by atoms with Gasteiger partial charge in [0.15, 0.2) is 0 Å². The third kappa shape index (κ3) is 3.57. The van der Waals surface area contributed by atoms with E-state index in [2.05, 4.69) is 39.4 Å². The average molecular weight is 348 g/mol. The van der Waals surface area contributed by atoms with Gasteiger partial charge in [-0.1, -0.05) is 28.1 Å². The predicted molar refractivity (Wildman–Crippen MR) is 87.0 cm³/mol. The van der Waals surface area contributed by atoms with E-state index in [0.29, 0.717) is 6.61 Å². The summed E-state index contributed by atoms with van der Waals surface area (Å²) in [7, 11) is 1.94. The lowest BCUT2D eigenvalue weighted by molar-refractivity contribution is 0.148. The van der Waals surface area contributed by atoms with E-state index in [-0.39, 0.29) is 6.10 Å². The van der Waals surface area contributed by atoms with E-state index >= 15 is 0 Å². The summed E-state index contributed by atoms with van der Waals surface area (Å²) < 4.78 is 12.8. The van der Waals surface area contributed by atoms with E-state index in [1.54, 1.807) is 0 Å². The summed E-state index contributed by atoms with van der Waals surface area (Å²) in [6, 6.07) is 14.3. The van der Waals surface area contributed by atoms with E-state index in [1.807, 2.05) is 31.3 Å². The highest BCUT2D eigenvalue weighted by atomic mass is 79.9. The second-order valence-electron chi connectivity index (χ2n) is 5.18. The second-order valence-corrected chi connectivity index (χ2v) is 6.10. The van der Waals surface area contributed by atoms with Gasteiger partial charge in [-0.15, -0.1) is 0 Å². The smallest absolute Gasteiger partial charge is 0.137 e. The third-order valence-corrected chi connectivity index (χ3v) is 4.00. The Balaban J connectivity index is 1.55. The van der Waals surface area contributed by atoms with Gasteiger partial charge in [-0.2, -0.15) is 0 Å². The summed E-state index contributed by atoms with van der Waals surface area (Å²) in [5.74, 6) is 1.85. The zero-order valence-electron chi connectivity index (χ0n) is 11.9. The zero-order chi connectivity index (χ0) is 14.7. The van der Waals surface area contributed by atoms with Crippen LogP contribution in [0.3, 0.4) is 0 Å². The fourth-order valence-electron chi connectivity index (χ4n) is 2.48. The topological polar surface area (TPSA) is 30.5 Å². The molecular formula is C17H18BrNO2. The van der Waals surface area contributed by atoms with Crippen molar-refractivity contribution >= 4 is 15.9 Å². The first kappa shape index (κ1) is 14.4. The van der Waals surface area contributed by atoms with Crippen molar-refractivity contribution in [1.82, 2.24) is 5.32 Å². The monoisotopic (exact) mass is 347 g/mol. The molecule has 0 saturated carbocycles. The highest BCUT2D eigenvalue weighted by molar-refractivity contribution is 9.10. The molecule has 0 saturated heterocycles. The van der Waals surface area contributed by atoms with Gasteiger partial charge in [0.2, 0.25) is 0 Å². The first-order valence-electron chi connectivity index (χ1n) is 7.06. The van der Waals surface area contributed by atoms with Crippen LogP contribution in [0.15, 0.2) is 46.9 Å². The first-order chi connectivity index (χ1) is 10.2. The Morgan fingerprint density at radius 3 is 2.81 bits per heavy atom. The SMILES string of the molecule is CNCc1ccc(OCC2Cc3cc(Br)ccc3O2)cc1. The maximum Gasteiger partial charge on any atom is 0.137 e. The predicted octanol–water partition coefficient (Wildman–Crippen LogP) is 3.55. The van der Waals surface area contributed by atoms with Crippen LogP contribution in [0.1, 0.15) is 11.1 Å². The molecule has 2 aromatic carbocycles. The number of halogens is 1. The molecule has 0 spiro atoms. The van der Waals surface area contributed by atoms with E-state index in [4.69, 9.17) is 9.47 Å². The Hall–Kier alpha value is -1.52. The molecule has 0 aromatic heterocycles. The van der Waals surface area contributed by atoms with Crippen LogP contribution < -0.4 is 14.8 Å². The highest BCUT2D eigenvalue weighted by Crippen LogP contribution is 2.31. The summed E-state index contributed by atoms with van der Waals surface area (Å²) in [4.78, 5) is 0. The number of nitrogens with one attached hydrogen (secondary N) is 1. The fraction of sp³-hybridized carbons (Fsp3) is 0.294. The Morgan fingerprint density at radius 2 is 2.05 bits per heavy atom. The maximum atomic E-state index is 5.89. The molecule has 1 unspecified atom stereocenters. The van der Waals surface area contributed by atoms with Crippen LogP contribution in [0.2, 0.25) is 0 Å². The lowest BCUT2D eigenvalue weighted by Gasteiger charge is -2.12. The number of ether oxygens (including phenoxy) is 2. The van der Waals surface area contributed by atoms with Gasteiger partial charge in [0, 0.05) is 17.4 Å². The first-order valence-corrected chi connectivity index (χ1v) is 7.85. The van der Waals surface area contributed by atoms with Crippen LogP contribution >= 0.6 is 15.9 Å². The van der Waals surface area contributed by atoms with Gasteiger partial charge in [0.25, 0.3) is 0 Å². The van der Waals surface area contributed by atoms with E-state index in [1.165, 1.54) is 11.1 Å². The lowest BCUT2D eigenvalue weighted by Crippen LogP contribution is -2.22. The molecule has 1 heterocycles. The Kier molecular flexibility index (Phi) is 4.46. The summed E-state index contributed by atoms with van der Waals surface area (Å²) >= 11 is 3.49. The molecule has 2 aromatic rings. The standard InChI is InChI=1S/C17H18BrNO2/c1-19-10-12-2-5-15(6-3-12)20-11-16-9-13-8-14(18)4-7-17(13)21-16/h2-8,16,19H,9-11H2,1H3. The molecule has 0 amide bonds. The Labute approximate surface area is 133 Å².